The highest BCUT2D eigenvalue weighted by molar-refractivity contribution is 6.10. The predicted molar refractivity (Wildman–Crippen MR) is 117 cm³/mol. The zero-order chi connectivity index (χ0) is 21.6. The highest BCUT2D eigenvalue weighted by Gasteiger charge is 2.21. The summed E-state index contributed by atoms with van der Waals surface area (Å²) in [6, 6.07) is 9.14. The molecule has 4 aromatic rings. The molecule has 0 amide bonds. The van der Waals surface area contributed by atoms with Crippen molar-refractivity contribution in [2.45, 2.75) is 26.9 Å². The van der Waals surface area contributed by atoms with E-state index in [0.29, 0.717) is 39.1 Å². The Morgan fingerprint density at radius 1 is 1.07 bits per heavy atom. The van der Waals surface area contributed by atoms with E-state index in [9.17, 15) is 4.79 Å². The third-order valence-corrected chi connectivity index (χ3v) is 4.95. The number of H-pyrrole nitrogens is 1. The van der Waals surface area contributed by atoms with E-state index in [1.54, 1.807) is 31.0 Å². The molecule has 0 aliphatic rings. The van der Waals surface area contributed by atoms with Crippen molar-refractivity contribution in [3.63, 3.8) is 0 Å². The fourth-order valence-electron chi connectivity index (χ4n) is 3.54. The lowest BCUT2D eigenvalue weighted by atomic mass is 10.1. The maximum atomic E-state index is 12.9. The summed E-state index contributed by atoms with van der Waals surface area (Å²) in [6.07, 6.45) is -0.0812. The van der Waals surface area contributed by atoms with E-state index >= 15 is 0 Å². The van der Waals surface area contributed by atoms with E-state index in [2.05, 4.69) is 4.98 Å². The van der Waals surface area contributed by atoms with Crippen LogP contribution in [0.5, 0.6) is 17.2 Å². The molecule has 2 aromatic carbocycles. The normalized spacial score (nSPS) is 11.4. The number of pyridine rings is 1. The molecule has 0 bridgehead atoms. The van der Waals surface area contributed by atoms with Crippen LogP contribution in [-0.2, 0) is 0 Å². The van der Waals surface area contributed by atoms with Crippen molar-refractivity contribution >= 4 is 27.6 Å². The summed E-state index contributed by atoms with van der Waals surface area (Å²) in [5.41, 5.74) is 8.78. The Kier molecular flexibility index (Phi) is 4.77. The molecule has 2 aromatic heterocycles. The van der Waals surface area contributed by atoms with Crippen LogP contribution in [0.2, 0.25) is 0 Å². The van der Waals surface area contributed by atoms with E-state index in [1.807, 2.05) is 39.0 Å². The van der Waals surface area contributed by atoms with Crippen LogP contribution in [-0.4, -0.2) is 35.1 Å². The largest absolute Gasteiger partial charge is 0.497 e. The number of aryl methyl sites for hydroxylation is 1. The fourth-order valence-corrected chi connectivity index (χ4v) is 3.54. The lowest BCUT2D eigenvalue weighted by Gasteiger charge is -2.14. The Hall–Kier alpha value is -3.68. The first-order valence-electron chi connectivity index (χ1n) is 9.58. The van der Waals surface area contributed by atoms with Gasteiger partial charge < -0.3 is 24.9 Å². The molecule has 3 N–H and O–H groups in total. The van der Waals surface area contributed by atoms with Gasteiger partial charge in [-0.25, -0.2) is 4.68 Å². The highest BCUT2D eigenvalue weighted by atomic mass is 16.5. The number of fused-ring (bicyclic) bond motifs is 3. The van der Waals surface area contributed by atoms with Crippen LogP contribution in [0.25, 0.3) is 27.5 Å². The molecule has 156 valence electrons. The van der Waals surface area contributed by atoms with E-state index in [4.69, 9.17) is 25.0 Å². The van der Waals surface area contributed by atoms with Crippen LogP contribution < -0.4 is 25.5 Å². The summed E-state index contributed by atoms with van der Waals surface area (Å²) in [6.45, 7) is 5.81. The molecule has 2 heterocycles. The average Bonchev–Trinajstić information content (AvgIpc) is 3.05. The third-order valence-electron chi connectivity index (χ3n) is 4.95. The smallest absolute Gasteiger partial charge is 0.261 e. The number of hydrogen-bond donors (Lipinski definition) is 2. The van der Waals surface area contributed by atoms with Crippen molar-refractivity contribution in [1.82, 2.24) is 14.8 Å². The van der Waals surface area contributed by atoms with Crippen LogP contribution in [0, 0.1) is 6.92 Å². The number of benzene rings is 2. The summed E-state index contributed by atoms with van der Waals surface area (Å²) in [7, 11) is 3.16. The Labute approximate surface area is 173 Å². The molecule has 0 saturated heterocycles. The van der Waals surface area contributed by atoms with Gasteiger partial charge in [0.15, 0.2) is 0 Å². The molecule has 0 spiro atoms. The summed E-state index contributed by atoms with van der Waals surface area (Å²) in [4.78, 5) is 15.8. The number of aromatic amines is 1. The topological polar surface area (TPSA) is 104 Å². The van der Waals surface area contributed by atoms with Gasteiger partial charge in [0, 0.05) is 18.2 Å². The summed E-state index contributed by atoms with van der Waals surface area (Å²) < 4.78 is 18.3. The van der Waals surface area contributed by atoms with Crippen molar-refractivity contribution in [3.05, 3.63) is 46.2 Å². The number of aromatic nitrogens is 3. The van der Waals surface area contributed by atoms with Crippen LogP contribution >= 0.6 is 0 Å². The molecule has 0 aliphatic carbocycles. The van der Waals surface area contributed by atoms with Gasteiger partial charge in [0.2, 0.25) is 0 Å². The first kappa shape index (κ1) is 19.6. The zero-order valence-electron chi connectivity index (χ0n) is 17.6. The van der Waals surface area contributed by atoms with Crippen molar-refractivity contribution in [2.24, 2.45) is 0 Å². The second-order valence-corrected chi connectivity index (χ2v) is 7.34. The van der Waals surface area contributed by atoms with Crippen LogP contribution in [0.3, 0.4) is 0 Å². The van der Waals surface area contributed by atoms with Crippen LogP contribution in [0.15, 0.2) is 35.1 Å². The molecular weight excluding hydrogens is 384 g/mol. The van der Waals surface area contributed by atoms with E-state index < -0.39 is 0 Å². The maximum Gasteiger partial charge on any atom is 0.261 e. The van der Waals surface area contributed by atoms with E-state index in [-0.39, 0.29) is 17.5 Å². The van der Waals surface area contributed by atoms with E-state index in [0.717, 1.165) is 11.3 Å². The number of ether oxygens (including phenoxy) is 3. The molecule has 0 fully saturated rings. The number of anilines is 1. The number of nitrogens with zero attached hydrogens (tertiary/aromatic N) is 2. The lowest BCUT2D eigenvalue weighted by Crippen LogP contribution is -2.10. The minimum Gasteiger partial charge on any atom is -0.497 e. The lowest BCUT2D eigenvalue weighted by molar-refractivity contribution is 0.244. The molecule has 0 atom stereocenters. The Morgan fingerprint density at radius 3 is 2.47 bits per heavy atom. The Balaban J connectivity index is 2.11. The maximum absolute atomic E-state index is 12.9. The molecule has 0 aliphatic heterocycles. The predicted octanol–water partition coefficient (Wildman–Crippen LogP) is 3.56. The first-order valence-corrected chi connectivity index (χ1v) is 9.58. The van der Waals surface area contributed by atoms with Crippen molar-refractivity contribution < 1.29 is 14.2 Å². The van der Waals surface area contributed by atoms with Gasteiger partial charge >= 0.3 is 0 Å². The molecule has 8 nitrogen and oxygen atoms in total. The number of nitrogens with one attached hydrogen (secondary N) is 1. The Bertz CT molecular complexity index is 1320. The van der Waals surface area contributed by atoms with Gasteiger partial charge in [0.1, 0.15) is 34.0 Å². The van der Waals surface area contributed by atoms with E-state index in [1.165, 1.54) is 0 Å². The third kappa shape index (κ3) is 3.10. The van der Waals surface area contributed by atoms with Crippen molar-refractivity contribution in [2.75, 3.05) is 20.0 Å². The van der Waals surface area contributed by atoms with Gasteiger partial charge in [0.25, 0.3) is 5.56 Å². The quantitative estimate of drug-likeness (QED) is 0.523. The second-order valence-electron chi connectivity index (χ2n) is 7.34. The standard InChI is InChI=1S/C22H24N4O4/c1-11(2)30-17-10-14(29-5)8-15-18(17)20-19(22(27)24-15)21(23)26(25-20)16-9-13(28-4)7-6-12(16)3/h6-11H,23H2,1-5H3,(H,24,27). The molecule has 4 rings (SSSR count). The minimum absolute atomic E-state index is 0.0812. The highest BCUT2D eigenvalue weighted by Crippen LogP contribution is 2.36. The zero-order valence-corrected chi connectivity index (χ0v) is 17.6. The Morgan fingerprint density at radius 2 is 1.80 bits per heavy atom. The van der Waals surface area contributed by atoms with Gasteiger partial charge in [-0.3, -0.25) is 4.79 Å². The molecule has 8 heteroatoms. The van der Waals surface area contributed by atoms with Gasteiger partial charge in [-0.2, -0.15) is 5.10 Å². The summed E-state index contributed by atoms with van der Waals surface area (Å²) >= 11 is 0. The SMILES string of the molecule is COc1ccc(C)c(-n2nc3c(c2N)c(=O)[nH]c2cc(OC)cc(OC(C)C)c23)c1. The number of nitrogens with two attached hydrogens (primary N) is 1. The average molecular weight is 408 g/mol. The second kappa shape index (κ2) is 7.29. The molecule has 30 heavy (non-hydrogen) atoms. The number of rotatable bonds is 5. The molecular formula is C22H24N4O4. The molecule has 0 saturated carbocycles. The number of hydrogen-bond acceptors (Lipinski definition) is 6. The van der Waals surface area contributed by atoms with Crippen molar-refractivity contribution in [1.29, 1.82) is 0 Å². The van der Waals surface area contributed by atoms with Gasteiger partial charge in [-0.1, -0.05) is 6.07 Å². The first-order chi connectivity index (χ1) is 14.3. The summed E-state index contributed by atoms with van der Waals surface area (Å²) in [5, 5.41) is 5.71. The minimum atomic E-state index is -0.328. The van der Waals surface area contributed by atoms with Crippen LogP contribution in [0.1, 0.15) is 19.4 Å². The van der Waals surface area contributed by atoms with Gasteiger partial charge in [0.05, 0.1) is 36.9 Å². The van der Waals surface area contributed by atoms with Crippen LogP contribution in [0.4, 0.5) is 5.82 Å². The van der Waals surface area contributed by atoms with Crippen molar-refractivity contribution in [3.8, 4) is 22.9 Å². The van der Waals surface area contributed by atoms with Gasteiger partial charge in [-0.15, -0.1) is 0 Å². The fraction of sp³-hybridized carbons (Fsp3) is 0.273. The molecule has 0 radical (unpaired) electrons. The molecule has 0 unspecified atom stereocenters. The number of methoxy groups -OCH3 is 2. The van der Waals surface area contributed by atoms with Gasteiger partial charge in [-0.05, 0) is 32.4 Å². The monoisotopic (exact) mass is 408 g/mol. The number of nitrogen functional groups attached to an aromatic ring is 1. The summed E-state index contributed by atoms with van der Waals surface area (Å²) in [5.74, 6) is 2.05.